The number of nitrogens with zero attached hydrogens (tertiary/aromatic N) is 1. The monoisotopic (exact) mass is 393 g/mol. The van der Waals surface area contributed by atoms with Gasteiger partial charge in [0.25, 0.3) is 0 Å². The molecule has 1 unspecified atom stereocenters. The first-order valence-corrected chi connectivity index (χ1v) is 9.61. The van der Waals surface area contributed by atoms with Crippen molar-refractivity contribution in [3.63, 3.8) is 0 Å². The summed E-state index contributed by atoms with van der Waals surface area (Å²) in [6.07, 6.45) is 1.73. The van der Waals surface area contributed by atoms with Gasteiger partial charge in [-0.3, -0.25) is 4.79 Å². The molecule has 0 radical (unpaired) electrons. The Morgan fingerprint density at radius 2 is 1.96 bits per heavy atom. The van der Waals surface area contributed by atoms with Crippen LogP contribution in [-0.4, -0.2) is 37.3 Å². The van der Waals surface area contributed by atoms with E-state index in [9.17, 15) is 13.6 Å². The van der Waals surface area contributed by atoms with Crippen molar-refractivity contribution in [3.8, 4) is 11.5 Å². The van der Waals surface area contributed by atoms with Crippen LogP contribution in [0.1, 0.15) is 24.4 Å². The standard InChI is InChI=1S/C20H21F2NO3S/c1-25-13-5-8-19(26-2)15(10-13)18-4-3-9-23(18)20(24)12-27-14-6-7-16(21)17(22)11-14/h5-8,10-11,18H,3-4,9,12H2,1-2H3. The van der Waals surface area contributed by atoms with E-state index in [0.29, 0.717) is 22.9 Å². The van der Waals surface area contributed by atoms with E-state index in [1.165, 1.54) is 17.8 Å². The molecule has 0 saturated carbocycles. The fraction of sp³-hybridized carbons (Fsp3) is 0.350. The Morgan fingerprint density at radius 1 is 1.15 bits per heavy atom. The lowest BCUT2D eigenvalue weighted by atomic mass is 10.0. The number of hydrogen-bond acceptors (Lipinski definition) is 4. The van der Waals surface area contributed by atoms with Crippen molar-refractivity contribution in [1.82, 2.24) is 4.90 Å². The number of hydrogen-bond donors (Lipinski definition) is 0. The molecule has 1 atom stereocenters. The lowest BCUT2D eigenvalue weighted by Crippen LogP contribution is -2.32. The van der Waals surface area contributed by atoms with E-state index in [4.69, 9.17) is 9.47 Å². The fourth-order valence-electron chi connectivity index (χ4n) is 3.28. The van der Waals surface area contributed by atoms with Gasteiger partial charge >= 0.3 is 0 Å². The third kappa shape index (κ3) is 4.35. The maximum Gasteiger partial charge on any atom is 0.233 e. The summed E-state index contributed by atoms with van der Waals surface area (Å²) in [5.41, 5.74) is 0.917. The molecule has 3 rings (SSSR count). The first kappa shape index (κ1) is 19.5. The van der Waals surface area contributed by atoms with Gasteiger partial charge < -0.3 is 14.4 Å². The molecule has 7 heteroatoms. The minimum atomic E-state index is -0.910. The molecule has 144 valence electrons. The van der Waals surface area contributed by atoms with E-state index < -0.39 is 11.6 Å². The Kier molecular flexibility index (Phi) is 6.21. The summed E-state index contributed by atoms with van der Waals surface area (Å²) in [6, 6.07) is 9.13. The summed E-state index contributed by atoms with van der Waals surface area (Å²) < 4.78 is 37.1. The molecule has 0 aliphatic carbocycles. The smallest absolute Gasteiger partial charge is 0.233 e. The van der Waals surface area contributed by atoms with Gasteiger partial charge in [0.05, 0.1) is 26.0 Å². The summed E-state index contributed by atoms with van der Waals surface area (Å²) in [4.78, 5) is 15.1. The quantitative estimate of drug-likeness (QED) is 0.681. The summed E-state index contributed by atoms with van der Waals surface area (Å²) in [7, 11) is 3.20. The molecule has 1 heterocycles. The van der Waals surface area contributed by atoms with Crippen LogP contribution < -0.4 is 9.47 Å². The molecule has 0 aromatic heterocycles. The summed E-state index contributed by atoms with van der Waals surface area (Å²) in [5.74, 6) is -0.261. The topological polar surface area (TPSA) is 38.8 Å². The van der Waals surface area contributed by atoms with E-state index in [0.717, 1.165) is 30.5 Å². The van der Waals surface area contributed by atoms with Crippen LogP contribution in [0.25, 0.3) is 0 Å². The zero-order valence-corrected chi connectivity index (χ0v) is 16.0. The van der Waals surface area contributed by atoms with Gasteiger partial charge in [-0.2, -0.15) is 0 Å². The van der Waals surface area contributed by atoms with Crippen LogP contribution in [0.3, 0.4) is 0 Å². The number of benzene rings is 2. The van der Waals surface area contributed by atoms with E-state index in [-0.39, 0.29) is 17.7 Å². The average Bonchev–Trinajstić information content (AvgIpc) is 3.17. The normalized spacial score (nSPS) is 16.4. The Morgan fingerprint density at radius 3 is 2.67 bits per heavy atom. The zero-order valence-electron chi connectivity index (χ0n) is 15.2. The van der Waals surface area contributed by atoms with Crippen molar-refractivity contribution in [1.29, 1.82) is 0 Å². The maximum absolute atomic E-state index is 13.3. The molecule has 0 bridgehead atoms. The minimum absolute atomic E-state index is 0.0443. The molecule has 4 nitrogen and oxygen atoms in total. The third-order valence-electron chi connectivity index (χ3n) is 4.62. The van der Waals surface area contributed by atoms with Crippen molar-refractivity contribution in [3.05, 3.63) is 53.6 Å². The molecule has 1 saturated heterocycles. The van der Waals surface area contributed by atoms with Crippen LogP contribution >= 0.6 is 11.8 Å². The molecular weight excluding hydrogens is 372 g/mol. The number of carbonyl (C=O) groups is 1. The number of halogens is 2. The lowest BCUT2D eigenvalue weighted by molar-refractivity contribution is -0.129. The predicted molar refractivity (Wildman–Crippen MR) is 100 cm³/mol. The Bertz CT molecular complexity index is 831. The number of likely N-dealkylation sites (tertiary alicyclic amines) is 1. The Balaban J connectivity index is 1.74. The number of rotatable bonds is 6. The van der Waals surface area contributed by atoms with Crippen LogP contribution in [0.2, 0.25) is 0 Å². The van der Waals surface area contributed by atoms with Gasteiger partial charge in [-0.1, -0.05) is 0 Å². The number of thioether (sulfide) groups is 1. The van der Waals surface area contributed by atoms with Crippen LogP contribution in [0.4, 0.5) is 8.78 Å². The first-order valence-electron chi connectivity index (χ1n) is 8.62. The molecule has 1 amide bonds. The van der Waals surface area contributed by atoms with E-state index in [2.05, 4.69) is 0 Å². The number of amides is 1. The second kappa shape index (κ2) is 8.61. The van der Waals surface area contributed by atoms with Gasteiger partial charge in [0, 0.05) is 17.0 Å². The highest BCUT2D eigenvalue weighted by molar-refractivity contribution is 8.00. The number of methoxy groups -OCH3 is 2. The summed E-state index contributed by atoms with van der Waals surface area (Å²) in [6.45, 7) is 0.655. The first-order chi connectivity index (χ1) is 13.0. The highest BCUT2D eigenvalue weighted by Crippen LogP contribution is 2.39. The molecule has 0 spiro atoms. The van der Waals surface area contributed by atoms with Crippen LogP contribution in [0.15, 0.2) is 41.3 Å². The van der Waals surface area contributed by atoms with E-state index >= 15 is 0 Å². The maximum atomic E-state index is 13.3. The minimum Gasteiger partial charge on any atom is -0.497 e. The van der Waals surface area contributed by atoms with Crippen molar-refractivity contribution < 1.29 is 23.0 Å². The van der Waals surface area contributed by atoms with Gasteiger partial charge in [0.1, 0.15) is 11.5 Å². The second-order valence-electron chi connectivity index (χ2n) is 6.22. The Labute approximate surface area is 161 Å². The lowest BCUT2D eigenvalue weighted by Gasteiger charge is -2.26. The van der Waals surface area contributed by atoms with E-state index in [1.807, 2.05) is 23.1 Å². The largest absolute Gasteiger partial charge is 0.497 e. The van der Waals surface area contributed by atoms with Crippen LogP contribution in [0.5, 0.6) is 11.5 Å². The molecule has 1 aliphatic rings. The molecule has 27 heavy (non-hydrogen) atoms. The molecule has 1 fully saturated rings. The van der Waals surface area contributed by atoms with E-state index in [1.54, 1.807) is 14.2 Å². The van der Waals surface area contributed by atoms with Crippen molar-refractivity contribution >= 4 is 17.7 Å². The van der Waals surface area contributed by atoms with Gasteiger partial charge in [-0.25, -0.2) is 8.78 Å². The highest BCUT2D eigenvalue weighted by atomic mass is 32.2. The fourth-order valence-corrected chi connectivity index (χ4v) is 4.09. The molecule has 2 aromatic rings. The number of ether oxygens (including phenoxy) is 2. The van der Waals surface area contributed by atoms with Gasteiger partial charge in [-0.15, -0.1) is 11.8 Å². The SMILES string of the molecule is COc1ccc(OC)c(C2CCCN2C(=O)CSc2ccc(F)c(F)c2)c1. The zero-order chi connectivity index (χ0) is 19.4. The molecule has 2 aromatic carbocycles. The van der Waals surface area contributed by atoms with Gasteiger partial charge in [0.15, 0.2) is 11.6 Å². The van der Waals surface area contributed by atoms with Crippen molar-refractivity contribution in [2.45, 2.75) is 23.8 Å². The van der Waals surface area contributed by atoms with Crippen LogP contribution in [0, 0.1) is 11.6 Å². The molecule has 1 aliphatic heterocycles. The summed E-state index contributed by atoms with van der Waals surface area (Å²) in [5, 5.41) is 0. The Hall–Kier alpha value is -2.28. The van der Waals surface area contributed by atoms with Gasteiger partial charge in [0.2, 0.25) is 5.91 Å². The van der Waals surface area contributed by atoms with Crippen molar-refractivity contribution in [2.75, 3.05) is 26.5 Å². The summed E-state index contributed by atoms with van der Waals surface area (Å²) >= 11 is 1.20. The number of carbonyl (C=O) groups excluding carboxylic acids is 1. The van der Waals surface area contributed by atoms with Crippen molar-refractivity contribution in [2.24, 2.45) is 0 Å². The highest BCUT2D eigenvalue weighted by Gasteiger charge is 2.32. The van der Waals surface area contributed by atoms with Crippen LogP contribution in [-0.2, 0) is 4.79 Å². The van der Waals surface area contributed by atoms with Gasteiger partial charge in [-0.05, 0) is 49.2 Å². The molecule has 0 N–H and O–H groups in total. The third-order valence-corrected chi connectivity index (χ3v) is 5.60. The second-order valence-corrected chi connectivity index (χ2v) is 7.27. The molecular formula is C20H21F2NO3S. The predicted octanol–water partition coefficient (Wildman–Crippen LogP) is 4.44. The average molecular weight is 393 g/mol.